The molecule has 0 N–H and O–H groups in total. The molecule has 0 saturated heterocycles. The number of hydrogen-bond donors (Lipinski definition) is 0. The van der Waals surface area contributed by atoms with E-state index >= 15 is 0 Å². The number of hydrogen-bond acceptors (Lipinski definition) is 3. The van der Waals surface area contributed by atoms with Crippen LogP contribution in [0.1, 0.15) is 21.8 Å². The van der Waals surface area contributed by atoms with Gasteiger partial charge < -0.3 is 0 Å². The summed E-state index contributed by atoms with van der Waals surface area (Å²) >= 11 is 1.70. The van der Waals surface area contributed by atoms with Crippen molar-refractivity contribution < 1.29 is 0 Å². The van der Waals surface area contributed by atoms with Crippen molar-refractivity contribution in [2.24, 2.45) is 0 Å². The average Bonchev–Trinajstić information content (AvgIpc) is 2.91. The largest absolute Gasteiger partial charge is 0.261 e. The third-order valence-corrected chi connectivity index (χ3v) is 4.26. The van der Waals surface area contributed by atoms with E-state index in [2.05, 4.69) is 42.4 Å². The van der Waals surface area contributed by atoms with Crippen LogP contribution < -0.4 is 0 Å². The monoisotopic (exact) mass is 280 g/mol. The number of benzene rings is 1. The second-order valence-electron chi connectivity index (χ2n) is 4.92. The van der Waals surface area contributed by atoms with Gasteiger partial charge in [-0.25, -0.2) is 4.98 Å². The van der Waals surface area contributed by atoms with Gasteiger partial charge in [0.25, 0.3) is 0 Å². The lowest BCUT2D eigenvalue weighted by Crippen LogP contribution is -1.90. The molecule has 20 heavy (non-hydrogen) atoms. The number of rotatable bonds is 3. The molecule has 0 saturated carbocycles. The second-order valence-corrected chi connectivity index (χ2v) is 5.87. The summed E-state index contributed by atoms with van der Waals surface area (Å²) in [7, 11) is 0. The smallest absolute Gasteiger partial charge is 0.0992 e. The molecule has 0 unspecified atom stereocenters. The van der Waals surface area contributed by atoms with Crippen molar-refractivity contribution in [3.8, 4) is 11.3 Å². The molecule has 3 rings (SSSR count). The molecule has 0 spiro atoms. The zero-order valence-electron chi connectivity index (χ0n) is 11.6. The average molecular weight is 280 g/mol. The van der Waals surface area contributed by atoms with Crippen LogP contribution in [0.25, 0.3) is 11.3 Å². The molecule has 0 aliphatic carbocycles. The van der Waals surface area contributed by atoms with Gasteiger partial charge >= 0.3 is 0 Å². The van der Waals surface area contributed by atoms with Crippen LogP contribution in [-0.2, 0) is 6.42 Å². The maximum atomic E-state index is 4.73. The molecule has 0 atom stereocenters. The Labute approximate surface area is 123 Å². The molecule has 100 valence electrons. The van der Waals surface area contributed by atoms with Crippen LogP contribution >= 0.6 is 11.3 Å². The summed E-state index contributed by atoms with van der Waals surface area (Å²) in [4.78, 5) is 9.07. The van der Waals surface area contributed by atoms with Crippen molar-refractivity contribution >= 4 is 11.3 Å². The molecular weight excluding hydrogens is 264 g/mol. The molecule has 2 nitrogen and oxygen atoms in total. The third-order valence-electron chi connectivity index (χ3n) is 3.41. The molecular formula is C17H16N2S. The van der Waals surface area contributed by atoms with Gasteiger partial charge in [-0.1, -0.05) is 18.2 Å². The molecule has 0 bridgehead atoms. The van der Waals surface area contributed by atoms with E-state index in [-0.39, 0.29) is 0 Å². The molecule has 0 fully saturated rings. The first-order valence-electron chi connectivity index (χ1n) is 6.64. The number of aryl methyl sites for hydroxylation is 2. The van der Waals surface area contributed by atoms with Crippen molar-refractivity contribution in [3.05, 3.63) is 69.8 Å². The Balaban J connectivity index is 1.84. The van der Waals surface area contributed by atoms with Crippen LogP contribution in [-0.4, -0.2) is 9.97 Å². The van der Waals surface area contributed by atoms with Crippen LogP contribution in [0.3, 0.4) is 0 Å². The van der Waals surface area contributed by atoms with Crippen molar-refractivity contribution in [1.82, 2.24) is 9.97 Å². The van der Waals surface area contributed by atoms with E-state index in [0.29, 0.717) is 0 Å². The van der Waals surface area contributed by atoms with Gasteiger partial charge in [-0.15, -0.1) is 11.3 Å². The van der Waals surface area contributed by atoms with Crippen molar-refractivity contribution in [3.63, 3.8) is 0 Å². The number of thiazole rings is 1. The molecule has 0 amide bonds. The van der Waals surface area contributed by atoms with Crippen LogP contribution in [0.4, 0.5) is 0 Å². The molecule has 0 aliphatic heterocycles. The summed E-state index contributed by atoms with van der Waals surface area (Å²) in [5, 5.41) is 3.24. The lowest BCUT2D eigenvalue weighted by molar-refractivity contribution is 1.05. The van der Waals surface area contributed by atoms with Gasteiger partial charge in [-0.2, -0.15) is 0 Å². The minimum absolute atomic E-state index is 0.802. The summed E-state index contributed by atoms with van der Waals surface area (Å²) in [6, 6.07) is 12.5. The Bertz CT molecular complexity index is 717. The Hall–Kier alpha value is -2.00. The van der Waals surface area contributed by atoms with E-state index < -0.39 is 0 Å². The Morgan fingerprint density at radius 3 is 2.70 bits per heavy atom. The summed E-state index contributed by atoms with van der Waals surface area (Å²) in [5.41, 5.74) is 5.94. The zero-order chi connectivity index (χ0) is 13.9. The lowest BCUT2D eigenvalue weighted by atomic mass is 10.1. The molecule has 2 heterocycles. The van der Waals surface area contributed by atoms with Gasteiger partial charge in [-0.3, -0.25) is 4.98 Å². The van der Waals surface area contributed by atoms with Gasteiger partial charge in [0.1, 0.15) is 0 Å². The van der Waals surface area contributed by atoms with Crippen LogP contribution in [0, 0.1) is 13.8 Å². The first-order chi connectivity index (χ1) is 9.72. The number of pyridine rings is 1. The third kappa shape index (κ3) is 2.78. The van der Waals surface area contributed by atoms with Crippen LogP contribution in [0.5, 0.6) is 0 Å². The van der Waals surface area contributed by atoms with Crippen LogP contribution in [0.2, 0.25) is 0 Å². The Morgan fingerprint density at radius 2 is 1.95 bits per heavy atom. The maximum Gasteiger partial charge on any atom is 0.0992 e. The fraction of sp³-hybridized carbons (Fsp3) is 0.176. The fourth-order valence-corrected chi connectivity index (χ4v) is 2.90. The quantitative estimate of drug-likeness (QED) is 0.710. The first kappa shape index (κ1) is 13.0. The molecule has 1 aromatic carbocycles. The summed E-state index contributed by atoms with van der Waals surface area (Å²) in [6.45, 7) is 4.27. The van der Waals surface area contributed by atoms with E-state index in [1.165, 1.54) is 16.7 Å². The normalized spacial score (nSPS) is 10.7. The predicted octanol–water partition coefficient (Wildman–Crippen LogP) is 4.41. The minimum Gasteiger partial charge on any atom is -0.261 e. The summed E-state index contributed by atoms with van der Waals surface area (Å²) in [5.74, 6) is 0. The summed E-state index contributed by atoms with van der Waals surface area (Å²) < 4.78 is 0. The van der Waals surface area contributed by atoms with Gasteiger partial charge in [-0.05, 0) is 43.2 Å². The van der Waals surface area contributed by atoms with Crippen molar-refractivity contribution in [2.75, 3.05) is 0 Å². The van der Waals surface area contributed by atoms with Crippen molar-refractivity contribution in [1.29, 1.82) is 0 Å². The topological polar surface area (TPSA) is 25.8 Å². The number of aromatic nitrogens is 2. The maximum absolute atomic E-state index is 4.73. The van der Waals surface area contributed by atoms with E-state index in [9.17, 15) is 0 Å². The molecule has 2 aromatic heterocycles. The van der Waals surface area contributed by atoms with E-state index in [4.69, 9.17) is 4.98 Å². The highest BCUT2D eigenvalue weighted by Crippen LogP contribution is 2.24. The molecule has 3 heteroatoms. The van der Waals surface area contributed by atoms with Gasteiger partial charge in [0, 0.05) is 29.3 Å². The first-order valence-corrected chi connectivity index (χ1v) is 7.52. The SMILES string of the molecule is Cc1ccc(-c2csc(Cc3ccccn3)n2)cc1C. The van der Waals surface area contributed by atoms with E-state index in [0.717, 1.165) is 22.8 Å². The Kier molecular flexibility index (Phi) is 3.61. The lowest BCUT2D eigenvalue weighted by Gasteiger charge is -2.02. The van der Waals surface area contributed by atoms with E-state index in [1.807, 2.05) is 24.4 Å². The fourth-order valence-electron chi connectivity index (χ4n) is 2.08. The van der Waals surface area contributed by atoms with Crippen LogP contribution in [0.15, 0.2) is 48.0 Å². The van der Waals surface area contributed by atoms with Crippen molar-refractivity contribution in [2.45, 2.75) is 20.3 Å². The molecule has 0 aliphatic rings. The van der Waals surface area contributed by atoms with E-state index in [1.54, 1.807) is 11.3 Å². The highest BCUT2D eigenvalue weighted by Gasteiger charge is 2.06. The Morgan fingerprint density at radius 1 is 1.05 bits per heavy atom. The minimum atomic E-state index is 0.802. The molecule has 0 radical (unpaired) electrons. The summed E-state index contributed by atoms with van der Waals surface area (Å²) in [6.07, 6.45) is 2.63. The molecule has 3 aromatic rings. The van der Waals surface area contributed by atoms with Gasteiger partial charge in [0.05, 0.1) is 10.7 Å². The standard InChI is InChI=1S/C17H16N2S/c1-12-6-7-14(9-13(12)2)16-11-20-17(19-16)10-15-5-3-4-8-18-15/h3-9,11H,10H2,1-2H3. The zero-order valence-corrected chi connectivity index (χ0v) is 12.4. The highest BCUT2D eigenvalue weighted by molar-refractivity contribution is 7.10. The van der Waals surface area contributed by atoms with Gasteiger partial charge in [0.15, 0.2) is 0 Å². The van der Waals surface area contributed by atoms with Gasteiger partial charge in [0.2, 0.25) is 0 Å². The second kappa shape index (κ2) is 5.55. The number of nitrogens with zero attached hydrogens (tertiary/aromatic N) is 2. The highest BCUT2D eigenvalue weighted by atomic mass is 32.1. The predicted molar refractivity (Wildman–Crippen MR) is 84.1 cm³/mol.